The van der Waals surface area contributed by atoms with Crippen LogP contribution in [0.15, 0.2) is 18.2 Å². The van der Waals surface area contributed by atoms with Crippen LogP contribution in [0.5, 0.6) is 5.75 Å². The molecule has 0 saturated carbocycles. The number of nitrogens with zero attached hydrogens (tertiary/aromatic N) is 1. The van der Waals surface area contributed by atoms with E-state index in [1.807, 2.05) is 13.0 Å². The number of nitriles is 1. The Morgan fingerprint density at radius 3 is 2.80 bits per heavy atom. The van der Waals surface area contributed by atoms with Gasteiger partial charge in [0, 0.05) is 0 Å². The number of hydrogen-bond donors (Lipinski definition) is 0. The molecular formula is C11H11NO3. The highest BCUT2D eigenvalue weighted by molar-refractivity contribution is 5.92. The van der Waals surface area contributed by atoms with Gasteiger partial charge in [-0.2, -0.15) is 5.26 Å². The fourth-order valence-corrected chi connectivity index (χ4v) is 1.16. The summed E-state index contributed by atoms with van der Waals surface area (Å²) < 4.78 is 9.79. The molecule has 4 heteroatoms. The minimum Gasteiger partial charge on any atom is -0.494 e. The van der Waals surface area contributed by atoms with E-state index in [-0.39, 0.29) is 11.1 Å². The zero-order valence-corrected chi connectivity index (χ0v) is 8.61. The molecule has 0 fully saturated rings. The van der Waals surface area contributed by atoms with Crippen molar-refractivity contribution < 1.29 is 14.3 Å². The molecule has 1 aromatic carbocycles. The van der Waals surface area contributed by atoms with Gasteiger partial charge < -0.3 is 9.47 Å². The SMILES string of the molecule is CCOc1ccc(C#N)c(C(=O)OC)c1. The van der Waals surface area contributed by atoms with Gasteiger partial charge in [-0.1, -0.05) is 0 Å². The minimum atomic E-state index is -0.534. The van der Waals surface area contributed by atoms with Crippen molar-refractivity contribution in [3.05, 3.63) is 29.3 Å². The number of hydrogen-bond acceptors (Lipinski definition) is 4. The number of ether oxygens (including phenoxy) is 2. The zero-order chi connectivity index (χ0) is 11.3. The van der Waals surface area contributed by atoms with Crippen molar-refractivity contribution in [2.75, 3.05) is 13.7 Å². The van der Waals surface area contributed by atoms with Gasteiger partial charge in [0.1, 0.15) is 11.8 Å². The van der Waals surface area contributed by atoms with Crippen LogP contribution < -0.4 is 4.74 Å². The number of carbonyl (C=O) groups is 1. The van der Waals surface area contributed by atoms with Crippen molar-refractivity contribution >= 4 is 5.97 Å². The third-order valence-corrected chi connectivity index (χ3v) is 1.83. The second-order valence-corrected chi connectivity index (χ2v) is 2.74. The summed E-state index contributed by atoms with van der Waals surface area (Å²) in [6.45, 7) is 2.35. The van der Waals surface area contributed by atoms with E-state index in [1.54, 1.807) is 6.07 Å². The number of methoxy groups -OCH3 is 1. The van der Waals surface area contributed by atoms with Crippen LogP contribution in [-0.4, -0.2) is 19.7 Å². The van der Waals surface area contributed by atoms with Crippen LogP contribution in [0.4, 0.5) is 0 Å². The largest absolute Gasteiger partial charge is 0.494 e. The van der Waals surface area contributed by atoms with E-state index >= 15 is 0 Å². The van der Waals surface area contributed by atoms with Crippen LogP contribution in [-0.2, 0) is 4.74 Å². The quantitative estimate of drug-likeness (QED) is 0.705. The van der Waals surface area contributed by atoms with Gasteiger partial charge in [-0.25, -0.2) is 4.79 Å². The summed E-state index contributed by atoms with van der Waals surface area (Å²) in [5.41, 5.74) is 0.510. The maximum atomic E-state index is 11.3. The first-order valence-corrected chi connectivity index (χ1v) is 4.48. The van der Waals surface area contributed by atoms with Crippen molar-refractivity contribution in [1.82, 2.24) is 0 Å². The second kappa shape index (κ2) is 5.01. The van der Waals surface area contributed by atoms with Crippen LogP contribution in [0.25, 0.3) is 0 Å². The maximum Gasteiger partial charge on any atom is 0.339 e. The van der Waals surface area contributed by atoms with Crippen molar-refractivity contribution in [3.8, 4) is 11.8 Å². The zero-order valence-electron chi connectivity index (χ0n) is 8.61. The van der Waals surface area contributed by atoms with Gasteiger partial charge in [-0.15, -0.1) is 0 Å². The average molecular weight is 205 g/mol. The molecule has 0 atom stereocenters. The molecule has 0 bridgehead atoms. The van der Waals surface area contributed by atoms with Gasteiger partial charge in [0.25, 0.3) is 0 Å². The van der Waals surface area contributed by atoms with Gasteiger partial charge in [0.15, 0.2) is 0 Å². The molecule has 1 aromatic rings. The van der Waals surface area contributed by atoms with Crippen LogP contribution in [0.3, 0.4) is 0 Å². The summed E-state index contributed by atoms with van der Waals surface area (Å²) >= 11 is 0. The maximum absolute atomic E-state index is 11.3. The predicted octanol–water partition coefficient (Wildman–Crippen LogP) is 1.74. The first-order chi connectivity index (χ1) is 7.22. The molecule has 0 N–H and O–H groups in total. The highest BCUT2D eigenvalue weighted by Crippen LogP contribution is 2.18. The lowest BCUT2D eigenvalue weighted by atomic mass is 10.1. The Labute approximate surface area is 88.0 Å². The number of rotatable bonds is 3. The van der Waals surface area contributed by atoms with Crippen LogP contribution in [0.2, 0.25) is 0 Å². The summed E-state index contributed by atoms with van der Waals surface area (Å²) in [4.78, 5) is 11.3. The molecule has 15 heavy (non-hydrogen) atoms. The molecule has 0 aliphatic heterocycles. The first kappa shape index (κ1) is 11.1. The number of benzene rings is 1. The topological polar surface area (TPSA) is 59.3 Å². The lowest BCUT2D eigenvalue weighted by molar-refractivity contribution is 0.0600. The van der Waals surface area contributed by atoms with Crippen molar-refractivity contribution in [3.63, 3.8) is 0 Å². The Morgan fingerprint density at radius 2 is 2.27 bits per heavy atom. The van der Waals surface area contributed by atoms with Crippen LogP contribution >= 0.6 is 0 Å². The molecular weight excluding hydrogens is 194 g/mol. The Hall–Kier alpha value is -2.02. The van der Waals surface area contributed by atoms with Gasteiger partial charge in [-0.05, 0) is 25.1 Å². The van der Waals surface area contributed by atoms with Crippen LogP contribution in [0.1, 0.15) is 22.8 Å². The van der Waals surface area contributed by atoms with Crippen LogP contribution in [0, 0.1) is 11.3 Å². The van der Waals surface area contributed by atoms with E-state index in [0.717, 1.165) is 0 Å². The average Bonchev–Trinajstić information content (AvgIpc) is 2.28. The van der Waals surface area contributed by atoms with Crippen molar-refractivity contribution in [2.24, 2.45) is 0 Å². The Morgan fingerprint density at radius 1 is 1.53 bits per heavy atom. The summed E-state index contributed by atoms with van der Waals surface area (Å²) in [5, 5.41) is 8.79. The molecule has 1 rings (SSSR count). The fourth-order valence-electron chi connectivity index (χ4n) is 1.16. The molecule has 0 unspecified atom stereocenters. The summed E-state index contributed by atoms with van der Waals surface area (Å²) in [5.74, 6) is 0.0185. The molecule has 0 saturated heterocycles. The van der Waals surface area contributed by atoms with Gasteiger partial charge in [0.05, 0.1) is 24.8 Å². The van der Waals surface area contributed by atoms with E-state index in [2.05, 4.69) is 4.74 Å². The predicted molar refractivity (Wildman–Crippen MR) is 53.7 cm³/mol. The summed E-state index contributed by atoms with van der Waals surface area (Å²) in [6, 6.07) is 6.62. The highest BCUT2D eigenvalue weighted by Gasteiger charge is 2.12. The third-order valence-electron chi connectivity index (χ3n) is 1.83. The van der Waals surface area contributed by atoms with Gasteiger partial charge in [0.2, 0.25) is 0 Å². The first-order valence-electron chi connectivity index (χ1n) is 4.48. The summed E-state index contributed by atoms with van der Waals surface area (Å²) in [7, 11) is 1.27. The molecule has 78 valence electrons. The monoisotopic (exact) mass is 205 g/mol. The lowest BCUT2D eigenvalue weighted by Crippen LogP contribution is -2.05. The Balaban J connectivity index is 3.14. The molecule has 4 nitrogen and oxygen atoms in total. The van der Waals surface area contributed by atoms with E-state index in [9.17, 15) is 4.79 Å². The Bertz CT molecular complexity index is 407. The Kier molecular flexibility index (Phi) is 3.69. The standard InChI is InChI=1S/C11H11NO3/c1-3-15-9-5-4-8(7-12)10(6-9)11(13)14-2/h4-6H,3H2,1-2H3. The molecule has 0 aliphatic carbocycles. The van der Waals surface area contributed by atoms with E-state index in [0.29, 0.717) is 12.4 Å². The van der Waals surface area contributed by atoms with Crippen molar-refractivity contribution in [2.45, 2.75) is 6.92 Å². The molecule has 0 radical (unpaired) electrons. The normalized spacial score (nSPS) is 9.13. The van der Waals surface area contributed by atoms with Gasteiger partial charge >= 0.3 is 5.97 Å². The second-order valence-electron chi connectivity index (χ2n) is 2.74. The fraction of sp³-hybridized carbons (Fsp3) is 0.273. The molecule has 0 aromatic heterocycles. The van der Waals surface area contributed by atoms with E-state index < -0.39 is 5.97 Å². The lowest BCUT2D eigenvalue weighted by Gasteiger charge is -2.06. The van der Waals surface area contributed by atoms with Crippen molar-refractivity contribution in [1.29, 1.82) is 5.26 Å². The molecule has 0 spiro atoms. The third kappa shape index (κ3) is 2.47. The molecule has 0 amide bonds. The molecule has 0 heterocycles. The smallest absolute Gasteiger partial charge is 0.339 e. The van der Waals surface area contributed by atoms with Gasteiger partial charge in [-0.3, -0.25) is 0 Å². The minimum absolute atomic E-state index is 0.228. The highest BCUT2D eigenvalue weighted by atomic mass is 16.5. The van der Waals surface area contributed by atoms with E-state index in [4.69, 9.17) is 10.00 Å². The number of esters is 1. The summed E-state index contributed by atoms with van der Waals surface area (Å²) in [6.07, 6.45) is 0. The number of carbonyl (C=O) groups excluding carboxylic acids is 1. The van der Waals surface area contributed by atoms with E-state index in [1.165, 1.54) is 19.2 Å². The molecule has 0 aliphatic rings.